The molecule has 2 unspecified atom stereocenters. The number of aliphatic hydroxyl groups excluding tert-OH is 1. The molecule has 0 spiro atoms. The summed E-state index contributed by atoms with van der Waals surface area (Å²) < 4.78 is 0.979. The first kappa shape index (κ1) is 14.5. The lowest BCUT2D eigenvalue weighted by atomic mass is 9.96. The first-order chi connectivity index (χ1) is 9.00. The van der Waals surface area contributed by atoms with E-state index in [-0.39, 0.29) is 11.9 Å². The molecule has 1 N–H and O–H groups in total. The van der Waals surface area contributed by atoms with Crippen LogP contribution in [-0.2, 0) is 0 Å². The van der Waals surface area contributed by atoms with Gasteiger partial charge < -0.3 is 10.0 Å². The van der Waals surface area contributed by atoms with Gasteiger partial charge in [0, 0.05) is 16.6 Å². The number of carbonyl (C=O) groups is 1. The Hall–Kier alpha value is -0.870. The van der Waals surface area contributed by atoms with E-state index in [4.69, 9.17) is 0 Å². The predicted molar refractivity (Wildman–Crippen MR) is 79.2 cm³/mol. The van der Waals surface area contributed by atoms with Crippen LogP contribution in [0.4, 0.5) is 0 Å². The van der Waals surface area contributed by atoms with E-state index in [1.807, 2.05) is 30.0 Å². The Bertz CT molecular complexity index is 473. The van der Waals surface area contributed by atoms with E-state index in [1.54, 1.807) is 6.92 Å². The average Bonchev–Trinajstić information content (AvgIpc) is 2.38. The molecule has 3 nitrogen and oxygen atoms in total. The minimum atomic E-state index is -0.472. The van der Waals surface area contributed by atoms with Gasteiger partial charge >= 0.3 is 0 Å². The average molecular weight is 326 g/mol. The van der Waals surface area contributed by atoms with Crippen LogP contribution in [0.15, 0.2) is 22.7 Å². The van der Waals surface area contributed by atoms with Crippen LogP contribution in [0.2, 0.25) is 0 Å². The van der Waals surface area contributed by atoms with Crippen LogP contribution in [0.5, 0.6) is 0 Å². The molecule has 0 radical (unpaired) electrons. The Balaban J connectivity index is 2.26. The van der Waals surface area contributed by atoms with Crippen molar-refractivity contribution < 1.29 is 9.90 Å². The fourth-order valence-corrected chi connectivity index (χ4v) is 3.21. The van der Waals surface area contributed by atoms with Crippen molar-refractivity contribution in [3.05, 3.63) is 33.8 Å². The smallest absolute Gasteiger partial charge is 0.254 e. The summed E-state index contributed by atoms with van der Waals surface area (Å²) in [6.07, 6.45) is 2.52. The molecule has 104 valence electrons. The van der Waals surface area contributed by atoms with Gasteiger partial charge in [0.2, 0.25) is 0 Å². The van der Waals surface area contributed by atoms with Gasteiger partial charge in [-0.15, -0.1) is 0 Å². The second-order valence-corrected chi connectivity index (χ2v) is 6.18. The summed E-state index contributed by atoms with van der Waals surface area (Å²) in [5.74, 6) is 0.0376. The second kappa shape index (κ2) is 6.06. The SMILES string of the molecule is Cc1cc(Br)ccc1C(=O)N1CCCCC1C(C)O. The standard InChI is InChI=1S/C15H20BrNO2/c1-10-9-12(16)6-7-13(10)15(19)17-8-4-3-5-14(17)11(2)18/h6-7,9,11,14,18H,3-5,8H2,1-2H3. The highest BCUT2D eigenvalue weighted by atomic mass is 79.9. The van der Waals surface area contributed by atoms with Crippen molar-refractivity contribution in [1.29, 1.82) is 0 Å². The molecule has 0 bridgehead atoms. The van der Waals surface area contributed by atoms with E-state index < -0.39 is 6.10 Å². The van der Waals surface area contributed by atoms with Gasteiger partial charge in [0.1, 0.15) is 0 Å². The number of hydrogen-bond acceptors (Lipinski definition) is 2. The Kier molecular flexibility index (Phi) is 4.63. The molecule has 1 aliphatic rings. The Morgan fingerprint density at radius 3 is 2.84 bits per heavy atom. The number of halogens is 1. The van der Waals surface area contributed by atoms with Crippen molar-refractivity contribution in [2.24, 2.45) is 0 Å². The lowest BCUT2D eigenvalue weighted by Gasteiger charge is -2.37. The van der Waals surface area contributed by atoms with Crippen molar-refractivity contribution in [2.75, 3.05) is 6.54 Å². The van der Waals surface area contributed by atoms with Gasteiger partial charge in [0.05, 0.1) is 12.1 Å². The zero-order valence-electron chi connectivity index (χ0n) is 11.4. The van der Waals surface area contributed by atoms with Gasteiger partial charge in [0.25, 0.3) is 5.91 Å². The molecule has 0 saturated carbocycles. The number of piperidine rings is 1. The normalized spacial score (nSPS) is 21.3. The highest BCUT2D eigenvalue weighted by molar-refractivity contribution is 9.10. The molecule has 1 fully saturated rings. The van der Waals surface area contributed by atoms with Crippen molar-refractivity contribution in [2.45, 2.75) is 45.3 Å². The van der Waals surface area contributed by atoms with Gasteiger partial charge in [-0.2, -0.15) is 0 Å². The minimum absolute atomic E-state index is 0.0376. The number of hydrogen-bond donors (Lipinski definition) is 1. The molecule has 1 aliphatic heterocycles. The third-order valence-corrected chi connectivity index (χ3v) is 4.28. The predicted octanol–water partition coefficient (Wildman–Crippen LogP) is 3.13. The number of aryl methyl sites for hydroxylation is 1. The summed E-state index contributed by atoms with van der Waals surface area (Å²) in [6, 6.07) is 5.65. The molecule has 1 heterocycles. The summed E-state index contributed by atoms with van der Waals surface area (Å²) in [5, 5.41) is 9.86. The molecule has 0 aromatic heterocycles. The van der Waals surface area contributed by atoms with Gasteiger partial charge in [0.15, 0.2) is 0 Å². The van der Waals surface area contributed by atoms with Crippen molar-refractivity contribution >= 4 is 21.8 Å². The highest BCUT2D eigenvalue weighted by Crippen LogP contribution is 2.24. The minimum Gasteiger partial charge on any atom is -0.391 e. The van der Waals surface area contributed by atoms with Crippen LogP contribution in [0.25, 0.3) is 0 Å². The van der Waals surface area contributed by atoms with E-state index in [0.717, 1.165) is 41.4 Å². The van der Waals surface area contributed by atoms with E-state index in [9.17, 15) is 9.90 Å². The van der Waals surface area contributed by atoms with Gasteiger partial charge in [-0.1, -0.05) is 15.9 Å². The number of aliphatic hydroxyl groups is 1. The first-order valence-electron chi connectivity index (χ1n) is 6.76. The molecule has 1 saturated heterocycles. The number of likely N-dealkylation sites (tertiary alicyclic amines) is 1. The van der Waals surface area contributed by atoms with E-state index in [1.165, 1.54) is 0 Å². The first-order valence-corrected chi connectivity index (χ1v) is 7.55. The molecule has 1 aromatic rings. The van der Waals surface area contributed by atoms with E-state index in [2.05, 4.69) is 15.9 Å². The van der Waals surface area contributed by atoms with Crippen LogP contribution < -0.4 is 0 Å². The Morgan fingerprint density at radius 1 is 1.47 bits per heavy atom. The Labute approximate surface area is 122 Å². The van der Waals surface area contributed by atoms with Crippen LogP contribution in [0.3, 0.4) is 0 Å². The molecular formula is C15H20BrNO2. The monoisotopic (exact) mass is 325 g/mol. The maximum atomic E-state index is 12.6. The molecule has 2 rings (SSSR count). The van der Waals surface area contributed by atoms with Crippen LogP contribution >= 0.6 is 15.9 Å². The summed E-state index contributed by atoms with van der Waals surface area (Å²) in [7, 11) is 0. The van der Waals surface area contributed by atoms with Gasteiger partial charge in [-0.25, -0.2) is 0 Å². The third-order valence-electron chi connectivity index (χ3n) is 3.79. The fraction of sp³-hybridized carbons (Fsp3) is 0.533. The van der Waals surface area contributed by atoms with E-state index in [0.29, 0.717) is 0 Å². The second-order valence-electron chi connectivity index (χ2n) is 5.26. The zero-order valence-corrected chi connectivity index (χ0v) is 13.0. The van der Waals surface area contributed by atoms with Crippen molar-refractivity contribution in [3.8, 4) is 0 Å². The maximum absolute atomic E-state index is 12.6. The van der Waals surface area contributed by atoms with Crippen LogP contribution in [-0.4, -0.2) is 34.6 Å². The highest BCUT2D eigenvalue weighted by Gasteiger charge is 2.30. The number of amides is 1. The number of benzene rings is 1. The third kappa shape index (κ3) is 3.18. The molecule has 19 heavy (non-hydrogen) atoms. The lowest BCUT2D eigenvalue weighted by Crippen LogP contribution is -2.49. The molecule has 1 amide bonds. The number of nitrogens with zero attached hydrogens (tertiary/aromatic N) is 1. The number of rotatable bonds is 2. The van der Waals surface area contributed by atoms with Crippen molar-refractivity contribution in [1.82, 2.24) is 4.90 Å². The fourth-order valence-electron chi connectivity index (χ4n) is 2.73. The van der Waals surface area contributed by atoms with Gasteiger partial charge in [-0.05, 0) is 56.9 Å². The molecular weight excluding hydrogens is 306 g/mol. The number of carbonyl (C=O) groups excluding carboxylic acids is 1. The summed E-state index contributed by atoms with van der Waals surface area (Å²) in [4.78, 5) is 14.5. The quantitative estimate of drug-likeness (QED) is 0.907. The van der Waals surface area contributed by atoms with Crippen molar-refractivity contribution in [3.63, 3.8) is 0 Å². The molecule has 1 aromatic carbocycles. The van der Waals surface area contributed by atoms with E-state index >= 15 is 0 Å². The lowest BCUT2D eigenvalue weighted by molar-refractivity contribution is 0.0280. The molecule has 4 heteroatoms. The maximum Gasteiger partial charge on any atom is 0.254 e. The largest absolute Gasteiger partial charge is 0.391 e. The molecule has 2 atom stereocenters. The van der Waals surface area contributed by atoms with Crippen LogP contribution in [0.1, 0.15) is 42.1 Å². The molecule has 0 aliphatic carbocycles. The van der Waals surface area contributed by atoms with Gasteiger partial charge in [-0.3, -0.25) is 4.79 Å². The summed E-state index contributed by atoms with van der Waals surface area (Å²) in [6.45, 7) is 4.45. The topological polar surface area (TPSA) is 40.5 Å². The Morgan fingerprint density at radius 2 is 2.21 bits per heavy atom. The van der Waals surface area contributed by atoms with Crippen LogP contribution in [0, 0.1) is 6.92 Å². The summed E-state index contributed by atoms with van der Waals surface area (Å²) >= 11 is 3.41. The summed E-state index contributed by atoms with van der Waals surface area (Å²) in [5.41, 5.74) is 1.70. The zero-order chi connectivity index (χ0) is 14.0.